The minimum Gasteiger partial charge on any atom is -0.369 e. The minimum absolute atomic E-state index is 0.0390. The molecule has 1 aliphatic rings. The number of rotatable bonds is 3. The van der Waals surface area contributed by atoms with E-state index in [0.29, 0.717) is 0 Å². The molecule has 88 valence electrons. The summed E-state index contributed by atoms with van der Waals surface area (Å²) in [6, 6.07) is 2.14. The zero-order valence-corrected chi connectivity index (χ0v) is 11.4. The van der Waals surface area contributed by atoms with Crippen LogP contribution in [-0.2, 0) is 11.3 Å². The second-order valence-corrected chi connectivity index (χ2v) is 6.12. The zero-order valence-electron chi connectivity index (χ0n) is 8.99. The highest BCUT2D eigenvalue weighted by Crippen LogP contribution is 2.23. The fourth-order valence-electron chi connectivity index (χ4n) is 2.09. The molecule has 3 nitrogen and oxygen atoms in total. The lowest BCUT2D eigenvalue weighted by molar-refractivity contribution is -0.123. The molecule has 2 heterocycles. The first-order valence-electron chi connectivity index (χ1n) is 5.40. The van der Waals surface area contributed by atoms with Crippen molar-refractivity contribution in [2.24, 2.45) is 11.7 Å². The smallest absolute Gasteiger partial charge is 0.221 e. The number of primary amides is 1. The fraction of sp³-hybridized carbons (Fsp3) is 0.545. The van der Waals surface area contributed by atoms with Crippen molar-refractivity contribution in [2.45, 2.75) is 19.4 Å². The molecule has 0 spiro atoms. The van der Waals surface area contributed by atoms with Gasteiger partial charge in [0.2, 0.25) is 5.91 Å². The Balaban J connectivity index is 1.92. The van der Waals surface area contributed by atoms with Crippen LogP contribution < -0.4 is 5.73 Å². The second-order valence-electron chi connectivity index (χ2n) is 4.21. The number of thiophene rings is 1. The van der Waals surface area contributed by atoms with E-state index in [0.717, 1.165) is 36.9 Å². The predicted molar refractivity (Wildman–Crippen MR) is 69.2 cm³/mol. The molecule has 1 amide bonds. The van der Waals surface area contributed by atoms with Gasteiger partial charge in [-0.15, -0.1) is 11.3 Å². The van der Waals surface area contributed by atoms with Crippen LogP contribution >= 0.6 is 27.3 Å². The molecule has 0 bridgehead atoms. The summed E-state index contributed by atoms with van der Waals surface area (Å²) >= 11 is 5.20. The second kappa shape index (κ2) is 5.29. The van der Waals surface area contributed by atoms with Gasteiger partial charge in [0.1, 0.15) is 0 Å². The summed E-state index contributed by atoms with van der Waals surface area (Å²) < 4.78 is 1.14. The van der Waals surface area contributed by atoms with E-state index in [2.05, 4.69) is 32.3 Å². The van der Waals surface area contributed by atoms with E-state index in [1.165, 1.54) is 4.88 Å². The van der Waals surface area contributed by atoms with Crippen LogP contribution in [0.3, 0.4) is 0 Å². The molecule has 1 atom stereocenters. The van der Waals surface area contributed by atoms with Gasteiger partial charge < -0.3 is 5.73 Å². The predicted octanol–water partition coefficient (Wildman–Crippen LogP) is 2.21. The Morgan fingerprint density at radius 3 is 3.12 bits per heavy atom. The molecule has 2 N–H and O–H groups in total. The van der Waals surface area contributed by atoms with Crippen LogP contribution in [0.15, 0.2) is 15.9 Å². The van der Waals surface area contributed by atoms with Crippen LogP contribution in [0.2, 0.25) is 0 Å². The standard InChI is InChI=1S/C11H15BrN2OS/c12-9-4-10(16-7-9)6-14-3-1-2-8(5-14)11(13)15/h4,7-8H,1-3,5-6H2,(H2,13,15)/t8-/m1/s1. The molecule has 1 saturated heterocycles. The van der Waals surface area contributed by atoms with Crippen LogP contribution in [0.5, 0.6) is 0 Å². The van der Waals surface area contributed by atoms with Crippen molar-refractivity contribution < 1.29 is 4.79 Å². The average Bonchev–Trinajstić information content (AvgIpc) is 2.64. The molecule has 16 heavy (non-hydrogen) atoms. The third kappa shape index (κ3) is 3.06. The Morgan fingerprint density at radius 1 is 1.69 bits per heavy atom. The number of piperidine rings is 1. The Bertz CT molecular complexity index is 380. The molecule has 1 aromatic heterocycles. The number of nitrogens with two attached hydrogens (primary N) is 1. The first kappa shape index (κ1) is 12.1. The van der Waals surface area contributed by atoms with Gasteiger partial charge in [0.05, 0.1) is 5.92 Å². The molecule has 1 fully saturated rings. The topological polar surface area (TPSA) is 46.3 Å². The van der Waals surface area contributed by atoms with Gasteiger partial charge in [-0.1, -0.05) is 0 Å². The van der Waals surface area contributed by atoms with Crippen molar-refractivity contribution >= 4 is 33.2 Å². The number of halogens is 1. The van der Waals surface area contributed by atoms with Crippen LogP contribution in [0, 0.1) is 5.92 Å². The minimum atomic E-state index is -0.155. The van der Waals surface area contributed by atoms with E-state index in [-0.39, 0.29) is 11.8 Å². The summed E-state index contributed by atoms with van der Waals surface area (Å²) in [6.45, 7) is 2.81. The maximum Gasteiger partial charge on any atom is 0.221 e. The van der Waals surface area contributed by atoms with Crippen molar-refractivity contribution in [2.75, 3.05) is 13.1 Å². The Kier molecular flexibility index (Phi) is 4.00. The summed E-state index contributed by atoms with van der Waals surface area (Å²) in [5.41, 5.74) is 5.36. The van der Waals surface area contributed by atoms with E-state index < -0.39 is 0 Å². The largest absolute Gasteiger partial charge is 0.369 e. The van der Waals surface area contributed by atoms with Crippen LogP contribution in [0.1, 0.15) is 17.7 Å². The molecule has 0 aliphatic carbocycles. The average molecular weight is 303 g/mol. The van der Waals surface area contributed by atoms with Crippen LogP contribution in [-0.4, -0.2) is 23.9 Å². The van der Waals surface area contributed by atoms with Gasteiger partial charge in [0, 0.05) is 27.8 Å². The molecule has 5 heteroatoms. The molecule has 0 aromatic carbocycles. The summed E-state index contributed by atoms with van der Waals surface area (Å²) in [4.78, 5) is 14.8. The number of amides is 1. The summed E-state index contributed by atoms with van der Waals surface area (Å²) in [5, 5.41) is 2.09. The SMILES string of the molecule is NC(=O)[C@@H]1CCCN(Cc2cc(Br)cs2)C1. The van der Waals surface area contributed by atoms with E-state index in [4.69, 9.17) is 5.73 Å². The monoisotopic (exact) mass is 302 g/mol. The van der Waals surface area contributed by atoms with E-state index in [1.54, 1.807) is 11.3 Å². The third-order valence-corrected chi connectivity index (χ3v) is 4.59. The molecule has 1 aliphatic heterocycles. The molecular weight excluding hydrogens is 288 g/mol. The summed E-state index contributed by atoms with van der Waals surface area (Å²) in [5.74, 6) is -0.116. The number of nitrogens with zero attached hydrogens (tertiary/aromatic N) is 1. The third-order valence-electron chi connectivity index (χ3n) is 2.91. The van der Waals surface area contributed by atoms with Crippen LogP contribution in [0.4, 0.5) is 0 Å². The molecule has 1 aromatic rings. The lowest BCUT2D eigenvalue weighted by atomic mass is 9.97. The maximum atomic E-state index is 11.1. The number of likely N-dealkylation sites (tertiary alicyclic amines) is 1. The van der Waals surface area contributed by atoms with Crippen molar-refractivity contribution in [1.82, 2.24) is 4.90 Å². The molecule has 0 saturated carbocycles. The highest BCUT2D eigenvalue weighted by Gasteiger charge is 2.23. The molecule has 2 rings (SSSR count). The number of carbonyl (C=O) groups is 1. The molecular formula is C11H15BrN2OS. The van der Waals surface area contributed by atoms with Gasteiger partial charge in [0.25, 0.3) is 0 Å². The van der Waals surface area contributed by atoms with Gasteiger partial charge in [-0.2, -0.15) is 0 Å². The normalized spacial score (nSPS) is 22.2. The number of hydrogen-bond acceptors (Lipinski definition) is 3. The van der Waals surface area contributed by atoms with Gasteiger partial charge in [-0.05, 0) is 41.4 Å². The van der Waals surface area contributed by atoms with Gasteiger partial charge >= 0.3 is 0 Å². The first-order valence-corrected chi connectivity index (χ1v) is 7.07. The quantitative estimate of drug-likeness (QED) is 0.930. The van der Waals surface area contributed by atoms with Crippen molar-refractivity contribution in [3.05, 3.63) is 20.8 Å². The number of hydrogen-bond donors (Lipinski definition) is 1. The lowest BCUT2D eigenvalue weighted by Gasteiger charge is -2.30. The van der Waals surface area contributed by atoms with Gasteiger partial charge in [-0.25, -0.2) is 0 Å². The lowest BCUT2D eigenvalue weighted by Crippen LogP contribution is -2.40. The van der Waals surface area contributed by atoms with Crippen molar-refractivity contribution in [3.63, 3.8) is 0 Å². The molecule has 0 unspecified atom stereocenters. The van der Waals surface area contributed by atoms with Gasteiger partial charge in [0.15, 0.2) is 0 Å². The van der Waals surface area contributed by atoms with E-state index in [1.807, 2.05) is 0 Å². The van der Waals surface area contributed by atoms with Crippen molar-refractivity contribution in [1.29, 1.82) is 0 Å². The fourth-order valence-corrected chi connectivity index (χ4v) is 3.58. The summed E-state index contributed by atoms with van der Waals surface area (Å²) in [7, 11) is 0. The zero-order chi connectivity index (χ0) is 11.5. The number of carbonyl (C=O) groups excluding carboxylic acids is 1. The first-order chi connectivity index (χ1) is 7.65. The molecule has 0 radical (unpaired) electrons. The highest BCUT2D eigenvalue weighted by atomic mass is 79.9. The highest BCUT2D eigenvalue weighted by molar-refractivity contribution is 9.10. The Labute approximate surface area is 108 Å². The van der Waals surface area contributed by atoms with E-state index >= 15 is 0 Å². The Hall–Kier alpha value is -0.390. The Morgan fingerprint density at radius 2 is 2.50 bits per heavy atom. The van der Waals surface area contributed by atoms with E-state index in [9.17, 15) is 4.79 Å². The maximum absolute atomic E-state index is 11.1. The van der Waals surface area contributed by atoms with Crippen LogP contribution in [0.25, 0.3) is 0 Å². The van der Waals surface area contributed by atoms with Crippen molar-refractivity contribution in [3.8, 4) is 0 Å². The summed E-state index contributed by atoms with van der Waals surface area (Å²) in [6.07, 6.45) is 2.01. The van der Waals surface area contributed by atoms with Gasteiger partial charge in [-0.3, -0.25) is 9.69 Å².